The van der Waals surface area contributed by atoms with E-state index in [4.69, 9.17) is 4.42 Å². The van der Waals surface area contributed by atoms with Gasteiger partial charge in [-0.15, -0.1) is 0 Å². The average Bonchev–Trinajstić information content (AvgIpc) is 2.70. The molecule has 152 valence electrons. The second kappa shape index (κ2) is 8.92. The summed E-state index contributed by atoms with van der Waals surface area (Å²) in [7, 11) is 5.70. The normalized spacial score (nSPS) is 14.2. The van der Waals surface area contributed by atoms with E-state index in [0.717, 1.165) is 11.3 Å². The third-order valence-electron chi connectivity index (χ3n) is 5.08. The maximum atomic E-state index is 13.0. The van der Waals surface area contributed by atoms with Gasteiger partial charge < -0.3 is 19.8 Å². The first kappa shape index (κ1) is 20.6. The quantitative estimate of drug-likeness (QED) is 0.365. The number of hydrogen-bond acceptors (Lipinski definition) is 6. The zero-order valence-electron chi connectivity index (χ0n) is 17.2. The molecule has 0 radical (unpaired) electrons. The predicted molar refractivity (Wildman–Crippen MR) is 117 cm³/mol. The molecule has 3 rings (SSSR count). The van der Waals surface area contributed by atoms with Gasteiger partial charge in [0, 0.05) is 31.1 Å². The topological polar surface area (TPSA) is 78.1 Å². The summed E-state index contributed by atoms with van der Waals surface area (Å²) in [6, 6.07) is 16.8. The summed E-state index contributed by atoms with van der Waals surface area (Å²) in [6.45, 7) is 2.57. The highest BCUT2D eigenvalue weighted by Gasteiger charge is 2.33. The molecule has 0 saturated carbocycles. The standard InChI is InChI=1S/C23H27N3O3/c1-15(25-24-2)18(14-26(3)4)20(16-10-6-5-7-11-16)21-22(27)17-12-8-9-13-19(17)29-23(21)28/h5-13,18,20,24,27H,14H2,1-4H3/b25-15+/t18-,20+/m0/s1. The van der Waals surface area contributed by atoms with E-state index in [-0.39, 0.29) is 17.2 Å². The monoisotopic (exact) mass is 393 g/mol. The number of fused-ring (bicyclic) bond motifs is 1. The molecule has 2 N–H and O–H groups in total. The molecule has 0 bridgehead atoms. The number of hydrogen-bond donors (Lipinski definition) is 2. The Bertz CT molecular complexity index is 1060. The number of benzene rings is 2. The molecule has 0 aliphatic heterocycles. The molecule has 1 heterocycles. The van der Waals surface area contributed by atoms with Crippen LogP contribution >= 0.6 is 0 Å². The molecule has 6 heteroatoms. The third-order valence-corrected chi connectivity index (χ3v) is 5.08. The van der Waals surface area contributed by atoms with Gasteiger partial charge in [0.1, 0.15) is 11.3 Å². The number of nitrogens with zero attached hydrogens (tertiary/aromatic N) is 2. The smallest absolute Gasteiger partial charge is 0.343 e. The molecule has 29 heavy (non-hydrogen) atoms. The van der Waals surface area contributed by atoms with Gasteiger partial charge in [-0.3, -0.25) is 0 Å². The highest BCUT2D eigenvalue weighted by Crippen LogP contribution is 2.39. The molecular weight excluding hydrogens is 366 g/mol. The zero-order chi connectivity index (χ0) is 21.0. The highest BCUT2D eigenvalue weighted by atomic mass is 16.4. The van der Waals surface area contributed by atoms with Crippen molar-refractivity contribution in [3.05, 3.63) is 76.1 Å². The van der Waals surface area contributed by atoms with Crippen molar-refractivity contribution < 1.29 is 9.52 Å². The van der Waals surface area contributed by atoms with Crippen LogP contribution in [-0.4, -0.2) is 43.4 Å². The van der Waals surface area contributed by atoms with Crippen LogP contribution in [0.25, 0.3) is 11.0 Å². The molecule has 1 aromatic heterocycles. The zero-order valence-corrected chi connectivity index (χ0v) is 17.2. The maximum absolute atomic E-state index is 13.0. The van der Waals surface area contributed by atoms with Crippen LogP contribution in [0, 0.1) is 5.92 Å². The van der Waals surface area contributed by atoms with Crippen LogP contribution in [0.4, 0.5) is 0 Å². The minimum atomic E-state index is -0.531. The van der Waals surface area contributed by atoms with E-state index in [1.54, 1.807) is 25.2 Å². The van der Waals surface area contributed by atoms with Crippen molar-refractivity contribution in [1.82, 2.24) is 10.3 Å². The van der Waals surface area contributed by atoms with Crippen molar-refractivity contribution in [3.8, 4) is 5.75 Å². The lowest BCUT2D eigenvalue weighted by Crippen LogP contribution is -2.34. The van der Waals surface area contributed by atoms with Gasteiger partial charge in [-0.2, -0.15) is 5.10 Å². The number of rotatable bonds is 7. The van der Waals surface area contributed by atoms with Crippen molar-refractivity contribution in [1.29, 1.82) is 0 Å². The van der Waals surface area contributed by atoms with Crippen molar-refractivity contribution in [3.63, 3.8) is 0 Å². The summed E-state index contributed by atoms with van der Waals surface area (Å²) in [4.78, 5) is 15.1. The van der Waals surface area contributed by atoms with Gasteiger partial charge in [0.2, 0.25) is 0 Å². The summed E-state index contributed by atoms with van der Waals surface area (Å²) in [5.41, 5.74) is 4.69. The summed E-state index contributed by atoms with van der Waals surface area (Å²) < 4.78 is 5.59. The van der Waals surface area contributed by atoms with Crippen molar-refractivity contribution in [2.75, 3.05) is 27.7 Å². The number of nitrogens with one attached hydrogen (secondary N) is 1. The van der Waals surface area contributed by atoms with E-state index in [0.29, 0.717) is 17.5 Å². The maximum Gasteiger partial charge on any atom is 0.343 e. The molecule has 0 fully saturated rings. The van der Waals surface area contributed by atoms with E-state index in [9.17, 15) is 9.90 Å². The van der Waals surface area contributed by atoms with Gasteiger partial charge >= 0.3 is 5.63 Å². The molecule has 3 aromatic rings. The fourth-order valence-electron chi connectivity index (χ4n) is 3.81. The fraction of sp³-hybridized carbons (Fsp3) is 0.304. The van der Waals surface area contributed by atoms with E-state index < -0.39 is 11.5 Å². The first-order chi connectivity index (χ1) is 13.9. The van der Waals surface area contributed by atoms with Crippen molar-refractivity contribution in [2.45, 2.75) is 12.8 Å². The van der Waals surface area contributed by atoms with Gasteiger partial charge in [-0.1, -0.05) is 42.5 Å². The first-order valence-electron chi connectivity index (χ1n) is 9.59. The molecule has 0 aliphatic carbocycles. The minimum absolute atomic E-state index is 0.0354. The third kappa shape index (κ3) is 4.32. The summed E-state index contributed by atoms with van der Waals surface area (Å²) in [5.74, 6) is -0.613. The number of hydrazone groups is 1. The molecule has 2 aromatic carbocycles. The summed E-state index contributed by atoms with van der Waals surface area (Å²) in [6.07, 6.45) is 0. The number of aromatic hydroxyl groups is 1. The molecule has 0 aliphatic rings. The molecular formula is C23H27N3O3. The Morgan fingerprint density at radius 1 is 1.14 bits per heavy atom. The largest absolute Gasteiger partial charge is 0.507 e. The lowest BCUT2D eigenvalue weighted by Gasteiger charge is -2.30. The van der Waals surface area contributed by atoms with Gasteiger partial charge in [-0.05, 0) is 38.7 Å². The van der Waals surface area contributed by atoms with E-state index in [1.165, 1.54) is 0 Å². The Hall–Kier alpha value is -3.12. The molecule has 0 unspecified atom stereocenters. The SMILES string of the molecule is CN/N=C(\C)[C@H](CN(C)C)[C@@H](c1ccccc1)c1c(O)c2ccccc2oc1=O. The minimum Gasteiger partial charge on any atom is -0.507 e. The Kier molecular flexibility index (Phi) is 6.34. The van der Waals surface area contributed by atoms with Crippen LogP contribution in [0.5, 0.6) is 5.75 Å². The average molecular weight is 393 g/mol. The van der Waals surface area contributed by atoms with Crippen LogP contribution in [-0.2, 0) is 0 Å². The highest BCUT2D eigenvalue weighted by molar-refractivity contribution is 5.88. The first-order valence-corrected chi connectivity index (χ1v) is 9.59. The lowest BCUT2D eigenvalue weighted by atomic mass is 9.78. The summed E-state index contributed by atoms with van der Waals surface area (Å²) in [5, 5.41) is 16.0. The van der Waals surface area contributed by atoms with Crippen LogP contribution in [0.1, 0.15) is 24.0 Å². The molecule has 0 spiro atoms. The van der Waals surface area contributed by atoms with E-state index >= 15 is 0 Å². The number of para-hydroxylation sites is 1. The molecule has 2 atom stereocenters. The Morgan fingerprint density at radius 2 is 1.79 bits per heavy atom. The van der Waals surface area contributed by atoms with E-state index in [2.05, 4.69) is 15.4 Å². The van der Waals surface area contributed by atoms with Crippen LogP contribution < -0.4 is 11.1 Å². The second-order valence-corrected chi connectivity index (χ2v) is 7.38. The Labute approximate surface area is 170 Å². The molecule has 6 nitrogen and oxygen atoms in total. The van der Waals surface area contributed by atoms with Gasteiger partial charge in [0.25, 0.3) is 0 Å². The van der Waals surface area contributed by atoms with Crippen LogP contribution in [0.2, 0.25) is 0 Å². The van der Waals surface area contributed by atoms with Crippen LogP contribution in [0.3, 0.4) is 0 Å². The van der Waals surface area contributed by atoms with Crippen molar-refractivity contribution >= 4 is 16.7 Å². The molecule has 0 saturated heterocycles. The summed E-state index contributed by atoms with van der Waals surface area (Å²) >= 11 is 0. The van der Waals surface area contributed by atoms with Gasteiger partial charge in [0.15, 0.2) is 0 Å². The lowest BCUT2D eigenvalue weighted by molar-refractivity contribution is 0.345. The second-order valence-electron chi connectivity index (χ2n) is 7.38. The van der Waals surface area contributed by atoms with E-state index in [1.807, 2.05) is 57.4 Å². The fourth-order valence-corrected chi connectivity index (χ4v) is 3.81. The Morgan fingerprint density at radius 3 is 2.45 bits per heavy atom. The van der Waals surface area contributed by atoms with Gasteiger partial charge in [0.05, 0.1) is 10.9 Å². The molecule has 0 amide bonds. The van der Waals surface area contributed by atoms with Crippen LogP contribution in [0.15, 0.2) is 68.9 Å². The predicted octanol–water partition coefficient (Wildman–Crippen LogP) is 3.40. The van der Waals surface area contributed by atoms with Crippen molar-refractivity contribution in [2.24, 2.45) is 11.0 Å². The Balaban J connectivity index is 2.31. The van der Waals surface area contributed by atoms with Gasteiger partial charge in [-0.25, -0.2) is 4.79 Å².